The molecule has 0 saturated carbocycles. The molecule has 1 N–H and O–H groups in total. The molecule has 2 aromatic carbocycles. The zero-order valence-electron chi connectivity index (χ0n) is 18.7. The topological polar surface area (TPSA) is 115 Å². The molecule has 1 aliphatic rings. The van der Waals surface area contributed by atoms with Gasteiger partial charge in [0.2, 0.25) is 11.8 Å². The van der Waals surface area contributed by atoms with Crippen LogP contribution in [0.3, 0.4) is 0 Å². The fraction of sp³-hybridized carbons (Fsp3) is 0.250. The number of fused-ring (bicyclic) bond motifs is 1. The summed E-state index contributed by atoms with van der Waals surface area (Å²) in [6.07, 6.45) is 1.16. The molecule has 178 valence electrons. The van der Waals surface area contributed by atoms with Crippen molar-refractivity contribution in [3.8, 4) is 11.5 Å². The summed E-state index contributed by atoms with van der Waals surface area (Å²) in [5.74, 6) is 0.434. The molecule has 4 rings (SSSR count). The minimum Gasteiger partial charge on any atom is -0.493 e. The van der Waals surface area contributed by atoms with Crippen LogP contribution in [-0.4, -0.2) is 41.0 Å². The first-order valence-corrected chi connectivity index (χ1v) is 12.0. The van der Waals surface area contributed by atoms with Crippen LogP contribution in [-0.2, 0) is 26.0 Å². The van der Waals surface area contributed by atoms with Crippen LogP contribution < -0.4 is 19.7 Å². The van der Waals surface area contributed by atoms with Crippen molar-refractivity contribution in [2.45, 2.75) is 23.1 Å². The predicted molar refractivity (Wildman–Crippen MR) is 123 cm³/mol. The highest BCUT2D eigenvalue weighted by Crippen LogP contribution is 2.42. The Morgan fingerprint density at radius 3 is 2.56 bits per heavy atom. The Hall–Kier alpha value is -3.79. The van der Waals surface area contributed by atoms with E-state index in [1.54, 1.807) is 42.5 Å². The second-order valence-electron chi connectivity index (χ2n) is 7.66. The van der Waals surface area contributed by atoms with E-state index in [1.165, 1.54) is 37.5 Å². The summed E-state index contributed by atoms with van der Waals surface area (Å²) in [7, 11) is -1.04. The number of ether oxygens (including phenoxy) is 2. The molecule has 1 aliphatic heterocycles. The number of carbonyl (C=O) groups is 2. The van der Waals surface area contributed by atoms with E-state index in [9.17, 15) is 18.0 Å². The second kappa shape index (κ2) is 9.60. The minimum absolute atomic E-state index is 0.0144. The van der Waals surface area contributed by atoms with E-state index in [2.05, 4.69) is 5.32 Å². The summed E-state index contributed by atoms with van der Waals surface area (Å²) in [5.41, 5.74) is 0.563. The first kappa shape index (κ1) is 23.4. The molecule has 10 heteroatoms. The largest absolute Gasteiger partial charge is 0.493 e. The number of anilines is 1. The molecule has 1 aromatic heterocycles. The molecule has 2 amide bonds. The monoisotopic (exact) mass is 484 g/mol. The van der Waals surface area contributed by atoms with Crippen LogP contribution in [0.1, 0.15) is 23.0 Å². The zero-order valence-corrected chi connectivity index (χ0v) is 19.5. The lowest BCUT2D eigenvalue weighted by atomic mass is 10.1. The van der Waals surface area contributed by atoms with Crippen molar-refractivity contribution in [1.82, 2.24) is 5.32 Å². The molecule has 34 heavy (non-hydrogen) atoms. The van der Waals surface area contributed by atoms with E-state index in [0.29, 0.717) is 22.8 Å². The van der Waals surface area contributed by atoms with Crippen molar-refractivity contribution < 1.29 is 31.9 Å². The molecule has 0 spiro atoms. The van der Waals surface area contributed by atoms with E-state index >= 15 is 0 Å². The summed E-state index contributed by atoms with van der Waals surface area (Å²) >= 11 is 0. The Labute approximate surface area is 197 Å². The fourth-order valence-corrected chi connectivity index (χ4v) is 5.82. The SMILES string of the molecule is COc1ccc([C@@H]2CC(=O)N(CC(=O)NCc3ccco3)c3ccccc3S2(=O)=O)cc1OC. The maximum atomic E-state index is 13.7. The Kier molecular flexibility index (Phi) is 6.60. The maximum absolute atomic E-state index is 13.7. The van der Waals surface area contributed by atoms with E-state index in [-0.39, 0.29) is 30.1 Å². The molecule has 0 bridgehead atoms. The first-order valence-electron chi connectivity index (χ1n) is 10.5. The van der Waals surface area contributed by atoms with Gasteiger partial charge in [-0.15, -0.1) is 0 Å². The van der Waals surface area contributed by atoms with Gasteiger partial charge in [0.1, 0.15) is 12.3 Å². The zero-order chi connectivity index (χ0) is 24.3. The van der Waals surface area contributed by atoms with Gasteiger partial charge in [-0.05, 0) is 42.0 Å². The number of sulfone groups is 1. The normalized spacial score (nSPS) is 16.9. The van der Waals surface area contributed by atoms with Gasteiger partial charge in [-0.3, -0.25) is 9.59 Å². The van der Waals surface area contributed by atoms with Crippen molar-refractivity contribution in [1.29, 1.82) is 0 Å². The number of rotatable bonds is 7. The highest BCUT2D eigenvalue weighted by atomic mass is 32.2. The van der Waals surface area contributed by atoms with Crippen LogP contribution in [0.15, 0.2) is 70.2 Å². The van der Waals surface area contributed by atoms with Crippen LogP contribution in [0.2, 0.25) is 0 Å². The first-order chi connectivity index (χ1) is 16.3. The second-order valence-corrected chi connectivity index (χ2v) is 9.75. The third kappa shape index (κ3) is 4.49. The van der Waals surface area contributed by atoms with E-state index in [4.69, 9.17) is 13.9 Å². The summed E-state index contributed by atoms with van der Waals surface area (Å²) in [5, 5.41) is 1.53. The number of furan rings is 1. The molecule has 3 aromatic rings. The average molecular weight is 485 g/mol. The van der Waals surface area contributed by atoms with Crippen molar-refractivity contribution in [2.75, 3.05) is 25.7 Å². The number of benzene rings is 2. The van der Waals surface area contributed by atoms with Gasteiger partial charge >= 0.3 is 0 Å². The van der Waals surface area contributed by atoms with Crippen LogP contribution in [0, 0.1) is 0 Å². The summed E-state index contributed by atoms with van der Waals surface area (Å²) in [4.78, 5) is 27.1. The predicted octanol–water partition coefficient (Wildman–Crippen LogP) is 2.86. The van der Waals surface area contributed by atoms with Gasteiger partial charge in [0.25, 0.3) is 0 Å². The third-order valence-corrected chi connectivity index (χ3v) is 7.77. The van der Waals surface area contributed by atoms with Gasteiger partial charge in [0.15, 0.2) is 21.3 Å². The third-order valence-electron chi connectivity index (χ3n) is 5.62. The summed E-state index contributed by atoms with van der Waals surface area (Å²) < 4.78 is 43.1. The van der Waals surface area contributed by atoms with Gasteiger partial charge in [-0.2, -0.15) is 0 Å². The standard InChI is InChI=1S/C24H24N2O7S/c1-31-19-10-9-16(12-20(19)32-2)22-13-24(28)26(15-23(27)25-14-17-6-5-11-33-17)18-7-3-4-8-21(18)34(22,29)30/h3-12,22H,13-15H2,1-2H3,(H,25,27)/t22-/m0/s1. The fourth-order valence-electron chi connectivity index (χ4n) is 3.91. The van der Waals surface area contributed by atoms with Gasteiger partial charge in [-0.25, -0.2) is 8.42 Å². The van der Waals surface area contributed by atoms with E-state index in [1.807, 2.05) is 0 Å². The molecule has 9 nitrogen and oxygen atoms in total. The Morgan fingerprint density at radius 2 is 1.85 bits per heavy atom. The molecule has 2 heterocycles. The van der Waals surface area contributed by atoms with Crippen LogP contribution in [0.5, 0.6) is 11.5 Å². The number of methoxy groups -OCH3 is 2. The highest BCUT2D eigenvalue weighted by molar-refractivity contribution is 7.92. The Morgan fingerprint density at radius 1 is 1.09 bits per heavy atom. The highest BCUT2D eigenvalue weighted by Gasteiger charge is 2.40. The number of para-hydroxylation sites is 1. The van der Waals surface area contributed by atoms with Crippen molar-refractivity contribution in [2.24, 2.45) is 0 Å². The van der Waals surface area contributed by atoms with Gasteiger partial charge < -0.3 is 24.1 Å². The smallest absolute Gasteiger partial charge is 0.240 e. The van der Waals surface area contributed by atoms with Crippen LogP contribution in [0.25, 0.3) is 0 Å². The van der Waals surface area contributed by atoms with Crippen LogP contribution in [0.4, 0.5) is 5.69 Å². The molecule has 1 atom stereocenters. The van der Waals surface area contributed by atoms with Crippen molar-refractivity contribution in [3.05, 3.63) is 72.2 Å². The lowest BCUT2D eigenvalue weighted by Gasteiger charge is -2.21. The van der Waals surface area contributed by atoms with E-state index in [0.717, 1.165) is 0 Å². The molecule has 0 unspecified atom stereocenters. The Balaban J connectivity index is 1.68. The van der Waals surface area contributed by atoms with Crippen molar-refractivity contribution >= 4 is 27.3 Å². The lowest BCUT2D eigenvalue weighted by molar-refractivity contribution is -0.124. The number of nitrogens with one attached hydrogen (secondary N) is 1. The average Bonchev–Trinajstić information content (AvgIpc) is 3.35. The summed E-state index contributed by atoms with van der Waals surface area (Å²) in [6, 6.07) is 14.4. The molecular formula is C24H24N2O7S. The molecule has 0 saturated heterocycles. The number of hydrogen-bond acceptors (Lipinski definition) is 7. The number of nitrogens with zero attached hydrogens (tertiary/aromatic N) is 1. The number of amides is 2. The van der Waals surface area contributed by atoms with Gasteiger partial charge in [0, 0.05) is 6.42 Å². The number of carbonyl (C=O) groups excluding carboxylic acids is 2. The molecular weight excluding hydrogens is 460 g/mol. The van der Waals surface area contributed by atoms with Gasteiger partial charge in [0.05, 0.1) is 42.9 Å². The number of hydrogen-bond donors (Lipinski definition) is 1. The Bertz CT molecular complexity index is 1300. The lowest BCUT2D eigenvalue weighted by Crippen LogP contribution is -2.40. The van der Waals surface area contributed by atoms with Crippen LogP contribution >= 0.6 is 0 Å². The quantitative estimate of drug-likeness (QED) is 0.548. The molecule has 0 radical (unpaired) electrons. The van der Waals surface area contributed by atoms with Gasteiger partial charge in [-0.1, -0.05) is 18.2 Å². The minimum atomic E-state index is -3.97. The summed E-state index contributed by atoms with van der Waals surface area (Å²) in [6.45, 7) is -0.174. The molecule has 0 fully saturated rings. The maximum Gasteiger partial charge on any atom is 0.240 e. The van der Waals surface area contributed by atoms with Crippen molar-refractivity contribution in [3.63, 3.8) is 0 Å². The molecule has 0 aliphatic carbocycles. The van der Waals surface area contributed by atoms with E-state index < -0.39 is 26.9 Å².